The van der Waals surface area contributed by atoms with Crippen LogP contribution < -0.4 is 5.32 Å². The number of nitrogens with one attached hydrogen (secondary N) is 1. The minimum absolute atomic E-state index is 0.140. The zero-order chi connectivity index (χ0) is 13.1. The van der Waals surface area contributed by atoms with Crippen molar-refractivity contribution in [1.82, 2.24) is 10.2 Å². The van der Waals surface area contributed by atoms with E-state index in [-0.39, 0.29) is 11.5 Å². The molecule has 2 rings (SSSR count). The first-order valence-electron chi connectivity index (χ1n) is 6.29. The second-order valence-corrected chi connectivity index (χ2v) is 5.11. The van der Waals surface area contributed by atoms with Gasteiger partial charge in [-0.15, -0.1) is 0 Å². The summed E-state index contributed by atoms with van der Waals surface area (Å²) in [6.07, 6.45) is 1.09. The van der Waals surface area contributed by atoms with E-state index in [4.69, 9.17) is 0 Å². The highest BCUT2D eigenvalue weighted by molar-refractivity contribution is 5.94. The highest BCUT2D eigenvalue weighted by Crippen LogP contribution is 2.14. The van der Waals surface area contributed by atoms with Crippen molar-refractivity contribution in [3.63, 3.8) is 0 Å². The van der Waals surface area contributed by atoms with E-state index in [1.165, 1.54) is 6.07 Å². The molecule has 0 spiro atoms. The van der Waals surface area contributed by atoms with Gasteiger partial charge >= 0.3 is 0 Å². The van der Waals surface area contributed by atoms with E-state index < -0.39 is 5.82 Å². The standard InChI is InChI=1S/C14H19FN2O/c1-10-3-4-13(15)12(7-10)14(18)16-8-11-5-6-17(2)9-11/h3-4,7,11H,5-6,8-9H2,1-2H3,(H,16,18). The molecule has 98 valence electrons. The molecule has 0 saturated carbocycles. The number of rotatable bonds is 3. The smallest absolute Gasteiger partial charge is 0.254 e. The van der Waals surface area contributed by atoms with E-state index in [2.05, 4.69) is 17.3 Å². The molecule has 0 aliphatic carbocycles. The fourth-order valence-corrected chi connectivity index (χ4v) is 2.34. The van der Waals surface area contributed by atoms with Gasteiger partial charge in [-0.25, -0.2) is 4.39 Å². The maximum atomic E-state index is 13.5. The summed E-state index contributed by atoms with van der Waals surface area (Å²) >= 11 is 0. The van der Waals surface area contributed by atoms with Crippen LogP contribution >= 0.6 is 0 Å². The zero-order valence-corrected chi connectivity index (χ0v) is 10.9. The van der Waals surface area contributed by atoms with Crippen LogP contribution in [0, 0.1) is 18.7 Å². The Morgan fingerprint density at radius 2 is 2.33 bits per heavy atom. The van der Waals surface area contributed by atoms with E-state index in [1.54, 1.807) is 12.1 Å². The number of carbonyl (C=O) groups is 1. The minimum atomic E-state index is -0.457. The summed E-state index contributed by atoms with van der Waals surface area (Å²) in [5, 5.41) is 2.82. The van der Waals surface area contributed by atoms with E-state index in [0.29, 0.717) is 12.5 Å². The second-order valence-electron chi connectivity index (χ2n) is 5.11. The molecular formula is C14H19FN2O. The monoisotopic (exact) mass is 250 g/mol. The van der Waals surface area contributed by atoms with Crippen molar-refractivity contribution in [2.24, 2.45) is 5.92 Å². The van der Waals surface area contributed by atoms with Crippen LogP contribution in [0.5, 0.6) is 0 Å². The Balaban J connectivity index is 1.93. The van der Waals surface area contributed by atoms with Gasteiger partial charge in [0.1, 0.15) is 5.82 Å². The number of benzene rings is 1. The van der Waals surface area contributed by atoms with Crippen LogP contribution in [0.15, 0.2) is 18.2 Å². The van der Waals surface area contributed by atoms with Crippen molar-refractivity contribution in [2.75, 3.05) is 26.7 Å². The van der Waals surface area contributed by atoms with Crippen LogP contribution in [-0.2, 0) is 0 Å². The van der Waals surface area contributed by atoms with E-state index in [9.17, 15) is 9.18 Å². The van der Waals surface area contributed by atoms with Gasteiger partial charge in [-0.3, -0.25) is 4.79 Å². The molecular weight excluding hydrogens is 231 g/mol. The number of hydrogen-bond donors (Lipinski definition) is 1. The first-order chi connectivity index (χ1) is 8.56. The number of carbonyl (C=O) groups excluding carboxylic acids is 1. The van der Waals surface area contributed by atoms with E-state index in [1.807, 2.05) is 6.92 Å². The molecule has 1 aromatic carbocycles. The predicted molar refractivity (Wildman–Crippen MR) is 69.1 cm³/mol. The summed E-state index contributed by atoms with van der Waals surface area (Å²) in [7, 11) is 2.07. The molecule has 18 heavy (non-hydrogen) atoms. The van der Waals surface area contributed by atoms with Crippen molar-refractivity contribution >= 4 is 5.91 Å². The second kappa shape index (κ2) is 5.48. The number of likely N-dealkylation sites (tertiary alicyclic amines) is 1. The lowest BCUT2D eigenvalue weighted by Gasteiger charge is -2.12. The van der Waals surface area contributed by atoms with Gasteiger partial charge < -0.3 is 10.2 Å². The first-order valence-corrected chi connectivity index (χ1v) is 6.29. The number of halogens is 1. The van der Waals surface area contributed by atoms with Crippen molar-refractivity contribution in [2.45, 2.75) is 13.3 Å². The summed E-state index contributed by atoms with van der Waals surface area (Å²) in [6.45, 7) is 4.54. The predicted octanol–water partition coefficient (Wildman–Crippen LogP) is 1.82. The molecule has 1 unspecified atom stereocenters. The molecule has 4 heteroatoms. The van der Waals surface area contributed by atoms with Crippen molar-refractivity contribution in [3.8, 4) is 0 Å². The summed E-state index contributed by atoms with van der Waals surface area (Å²) in [6, 6.07) is 4.59. The van der Waals surface area contributed by atoms with Crippen LogP contribution in [-0.4, -0.2) is 37.5 Å². The zero-order valence-electron chi connectivity index (χ0n) is 10.9. The molecule has 1 heterocycles. The van der Waals surface area contributed by atoms with Crippen molar-refractivity contribution < 1.29 is 9.18 Å². The summed E-state index contributed by atoms with van der Waals surface area (Å²) in [5.74, 6) is -0.292. The molecule has 1 aromatic rings. The van der Waals surface area contributed by atoms with Crippen LogP contribution in [0.1, 0.15) is 22.3 Å². The van der Waals surface area contributed by atoms with Gasteiger partial charge in [-0.05, 0) is 45.0 Å². The third-order valence-corrected chi connectivity index (χ3v) is 3.41. The molecule has 1 aliphatic rings. The minimum Gasteiger partial charge on any atom is -0.352 e. The molecule has 1 fully saturated rings. The number of hydrogen-bond acceptors (Lipinski definition) is 2. The van der Waals surface area contributed by atoms with Crippen LogP contribution in [0.2, 0.25) is 0 Å². The Hall–Kier alpha value is -1.42. The van der Waals surface area contributed by atoms with Crippen molar-refractivity contribution in [3.05, 3.63) is 35.1 Å². The Bertz CT molecular complexity index is 447. The van der Waals surface area contributed by atoms with Crippen molar-refractivity contribution in [1.29, 1.82) is 0 Å². The van der Waals surface area contributed by atoms with Gasteiger partial charge in [0.2, 0.25) is 0 Å². The SMILES string of the molecule is Cc1ccc(F)c(C(=O)NCC2CCN(C)C2)c1. The van der Waals surface area contributed by atoms with E-state index in [0.717, 1.165) is 25.1 Å². The molecule has 1 atom stereocenters. The molecule has 0 bridgehead atoms. The summed E-state index contributed by atoms with van der Waals surface area (Å²) in [4.78, 5) is 14.1. The number of aryl methyl sites for hydroxylation is 1. The summed E-state index contributed by atoms with van der Waals surface area (Å²) < 4.78 is 13.5. The van der Waals surface area contributed by atoms with Gasteiger partial charge in [0.25, 0.3) is 5.91 Å². The van der Waals surface area contributed by atoms with Gasteiger partial charge in [-0.2, -0.15) is 0 Å². The first kappa shape index (κ1) is 13.0. The van der Waals surface area contributed by atoms with Crippen LogP contribution in [0.3, 0.4) is 0 Å². The Morgan fingerprint density at radius 3 is 3.00 bits per heavy atom. The quantitative estimate of drug-likeness (QED) is 0.887. The fourth-order valence-electron chi connectivity index (χ4n) is 2.34. The Labute approximate surface area is 107 Å². The van der Waals surface area contributed by atoms with Gasteiger partial charge in [0.15, 0.2) is 0 Å². The van der Waals surface area contributed by atoms with Gasteiger partial charge in [0.05, 0.1) is 5.56 Å². The lowest BCUT2D eigenvalue weighted by atomic mass is 10.1. The summed E-state index contributed by atoms with van der Waals surface area (Å²) in [5.41, 5.74) is 1.03. The highest BCUT2D eigenvalue weighted by atomic mass is 19.1. The maximum Gasteiger partial charge on any atom is 0.254 e. The molecule has 0 aromatic heterocycles. The lowest BCUT2D eigenvalue weighted by molar-refractivity contribution is 0.0943. The largest absolute Gasteiger partial charge is 0.352 e. The average molecular weight is 250 g/mol. The Kier molecular flexibility index (Phi) is 3.97. The molecule has 1 N–H and O–H groups in total. The lowest BCUT2D eigenvalue weighted by Crippen LogP contribution is -2.31. The molecule has 1 saturated heterocycles. The third-order valence-electron chi connectivity index (χ3n) is 3.41. The molecule has 3 nitrogen and oxygen atoms in total. The number of amides is 1. The molecule has 0 radical (unpaired) electrons. The van der Waals surface area contributed by atoms with Crippen LogP contribution in [0.4, 0.5) is 4.39 Å². The topological polar surface area (TPSA) is 32.3 Å². The Morgan fingerprint density at radius 1 is 1.56 bits per heavy atom. The van der Waals surface area contributed by atoms with E-state index >= 15 is 0 Å². The fraction of sp³-hybridized carbons (Fsp3) is 0.500. The number of nitrogens with zero attached hydrogens (tertiary/aromatic N) is 1. The molecule has 1 amide bonds. The van der Waals surface area contributed by atoms with Gasteiger partial charge in [0, 0.05) is 13.1 Å². The van der Waals surface area contributed by atoms with Crippen LogP contribution in [0.25, 0.3) is 0 Å². The normalized spacial score (nSPS) is 20.1. The molecule has 1 aliphatic heterocycles. The highest BCUT2D eigenvalue weighted by Gasteiger charge is 2.20. The third kappa shape index (κ3) is 3.07. The average Bonchev–Trinajstić information content (AvgIpc) is 2.75. The van der Waals surface area contributed by atoms with Gasteiger partial charge in [-0.1, -0.05) is 11.6 Å². The maximum absolute atomic E-state index is 13.5.